The van der Waals surface area contributed by atoms with Crippen LogP contribution in [-0.2, 0) is 41.7 Å². The van der Waals surface area contributed by atoms with Crippen molar-refractivity contribution in [2.45, 2.75) is 83.7 Å². The van der Waals surface area contributed by atoms with E-state index in [4.69, 9.17) is 9.47 Å². The number of methoxy groups -OCH3 is 1. The van der Waals surface area contributed by atoms with Gasteiger partial charge in [0.15, 0.2) is 0 Å². The average Bonchev–Trinajstić information content (AvgIpc) is 3.48. The van der Waals surface area contributed by atoms with E-state index in [9.17, 15) is 24.3 Å². The summed E-state index contributed by atoms with van der Waals surface area (Å²) in [6, 6.07) is 7.67. The largest absolute Gasteiger partial charge is 0.508 e. The average molecular weight is 641 g/mol. The molecule has 5 unspecified atom stereocenters. The molecule has 5 atom stereocenters. The van der Waals surface area contributed by atoms with Gasteiger partial charge in [0.25, 0.3) is 5.91 Å². The van der Waals surface area contributed by atoms with Gasteiger partial charge in [0.1, 0.15) is 30.5 Å². The molecule has 3 heterocycles. The van der Waals surface area contributed by atoms with Gasteiger partial charge >= 0.3 is 5.97 Å². The number of carbonyl (C=O) groups is 4. The molecule has 1 saturated heterocycles. The molecule has 4 N–H and O–H groups in total. The van der Waals surface area contributed by atoms with Gasteiger partial charge in [-0.15, -0.1) is 11.3 Å². The minimum Gasteiger partial charge on any atom is -0.508 e. The molecule has 244 valence electrons. The number of esters is 1. The summed E-state index contributed by atoms with van der Waals surface area (Å²) in [6.45, 7) is 5.87. The Morgan fingerprint density at radius 2 is 1.89 bits per heavy atom. The maximum atomic E-state index is 13.9. The second-order valence-corrected chi connectivity index (χ2v) is 13.1. The lowest BCUT2D eigenvalue weighted by Crippen LogP contribution is -2.62. The highest BCUT2D eigenvalue weighted by Gasteiger charge is 2.36. The number of hydrazine groups is 1. The fourth-order valence-corrected chi connectivity index (χ4v) is 6.37. The molecule has 11 nitrogen and oxygen atoms in total. The Bertz CT molecular complexity index is 1380. The number of allylic oxidation sites excluding steroid dienone is 1. The van der Waals surface area contributed by atoms with Crippen LogP contribution in [-0.4, -0.2) is 71.7 Å². The molecule has 0 radical (unpaired) electrons. The third kappa shape index (κ3) is 9.38. The van der Waals surface area contributed by atoms with E-state index < -0.39 is 41.8 Å². The second kappa shape index (κ2) is 16.0. The molecule has 2 aliphatic heterocycles. The molecule has 12 heteroatoms. The maximum Gasteiger partial charge on any atom is 0.325 e. The summed E-state index contributed by atoms with van der Waals surface area (Å²) in [7, 11) is 1.57. The van der Waals surface area contributed by atoms with Gasteiger partial charge in [-0.2, -0.15) is 0 Å². The highest BCUT2D eigenvalue weighted by molar-refractivity contribution is 7.12. The Labute approximate surface area is 268 Å². The summed E-state index contributed by atoms with van der Waals surface area (Å²) in [5.41, 5.74) is 3.64. The number of fused-ring (bicyclic) bond motifs is 4. The first kappa shape index (κ1) is 34.1. The van der Waals surface area contributed by atoms with Crippen molar-refractivity contribution in [1.29, 1.82) is 0 Å². The van der Waals surface area contributed by atoms with Crippen LogP contribution in [0.25, 0.3) is 6.08 Å². The molecule has 0 spiro atoms. The van der Waals surface area contributed by atoms with Gasteiger partial charge in [-0.1, -0.05) is 39.0 Å². The standard InChI is InChI=1S/C33H44N4O7S/c1-20(2)29-31(40)34-27(18-22-9-7-10-23(38)17-22)32(41)37-16-8-12-26(36-37)33(42)44-19-25-15-14-24(45-25)11-5-6-13-28(43-4)21(3)30(39)35-29/h5,7,9-11,14-15,17,20-21,26-29,36,38H,6,8,12-13,16,18-19H2,1-4H3,(H,34,40)(H,35,39). The number of phenols is 1. The summed E-state index contributed by atoms with van der Waals surface area (Å²) in [5, 5.41) is 17.1. The van der Waals surface area contributed by atoms with E-state index in [1.807, 2.05) is 38.1 Å². The monoisotopic (exact) mass is 640 g/mol. The van der Waals surface area contributed by atoms with Crippen LogP contribution in [0.1, 0.15) is 61.8 Å². The quantitative estimate of drug-likeness (QED) is 0.373. The third-order valence-electron chi connectivity index (χ3n) is 8.16. The first-order chi connectivity index (χ1) is 21.5. The number of aromatic hydroxyl groups is 1. The fraction of sp³-hybridized carbons (Fsp3) is 0.515. The Morgan fingerprint density at radius 3 is 2.62 bits per heavy atom. The summed E-state index contributed by atoms with van der Waals surface area (Å²) >= 11 is 1.52. The van der Waals surface area contributed by atoms with E-state index in [-0.39, 0.29) is 36.7 Å². The van der Waals surface area contributed by atoms with Crippen molar-refractivity contribution in [3.8, 4) is 5.75 Å². The van der Waals surface area contributed by atoms with Gasteiger partial charge in [0, 0.05) is 29.8 Å². The molecular formula is C33H44N4O7S. The number of carbonyl (C=O) groups excluding carboxylic acids is 4. The molecule has 3 amide bonds. The Hall–Kier alpha value is -3.74. The molecule has 0 aliphatic carbocycles. The lowest BCUT2D eigenvalue weighted by atomic mass is 9.96. The number of phenolic OH excluding ortho intramolecular Hbond substituents is 1. The maximum absolute atomic E-state index is 13.9. The number of hydrogen-bond donors (Lipinski definition) is 4. The Kier molecular flexibility index (Phi) is 12.1. The van der Waals surface area contributed by atoms with Crippen LogP contribution in [0.3, 0.4) is 0 Å². The molecule has 2 aliphatic rings. The second-order valence-electron chi connectivity index (χ2n) is 11.9. The highest BCUT2D eigenvalue weighted by Crippen LogP contribution is 2.22. The SMILES string of the molecule is COC1CCC=Cc2ccc(s2)COC(=O)C2CCCN(N2)C(=O)C(Cc2cccc(O)c2)NC(=O)C(C(C)C)NC(=O)C1C. The van der Waals surface area contributed by atoms with E-state index in [2.05, 4.69) is 16.1 Å². The number of cyclic esters (lactones) is 1. The minimum absolute atomic E-state index is 0.0333. The predicted molar refractivity (Wildman–Crippen MR) is 171 cm³/mol. The number of nitrogens with one attached hydrogen (secondary N) is 3. The highest BCUT2D eigenvalue weighted by atomic mass is 32.1. The summed E-state index contributed by atoms with van der Waals surface area (Å²) in [4.78, 5) is 55.9. The first-order valence-corrected chi connectivity index (χ1v) is 16.3. The Balaban J connectivity index is 1.63. The molecule has 0 saturated carbocycles. The lowest BCUT2D eigenvalue weighted by Gasteiger charge is -2.35. The van der Waals surface area contributed by atoms with Gasteiger partial charge in [0.05, 0.1) is 12.0 Å². The van der Waals surface area contributed by atoms with E-state index in [0.29, 0.717) is 37.8 Å². The normalized spacial score (nSPS) is 26.0. The third-order valence-corrected chi connectivity index (χ3v) is 9.19. The zero-order chi connectivity index (χ0) is 32.5. The van der Waals surface area contributed by atoms with E-state index in [1.165, 1.54) is 28.5 Å². The van der Waals surface area contributed by atoms with Crippen molar-refractivity contribution < 1.29 is 33.8 Å². The number of benzene rings is 1. The molecule has 1 aromatic heterocycles. The molecule has 45 heavy (non-hydrogen) atoms. The van der Waals surface area contributed by atoms with Crippen molar-refractivity contribution >= 4 is 41.1 Å². The van der Waals surface area contributed by atoms with Crippen molar-refractivity contribution in [3.05, 3.63) is 57.8 Å². The van der Waals surface area contributed by atoms with Crippen LogP contribution < -0.4 is 16.1 Å². The summed E-state index contributed by atoms with van der Waals surface area (Å²) in [5.74, 6) is -2.51. The molecule has 2 aromatic rings. The van der Waals surface area contributed by atoms with E-state index in [1.54, 1.807) is 26.2 Å². The van der Waals surface area contributed by atoms with Crippen LogP contribution in [0.15, 0.2) is 42.5 Å². The number of rotatable bonds is 4. The molecule has 4 rings (SSSR count). The molecular weight excluding hydrogens is 596 g/mol. The Morgan fingerprint density at radius 1 is 1.09 bits per heavy atom. The van der Waals surface area contributed by atoms with Gasteiger partial charge in [-0.3, -0.25) is 24.2 Å². The zero-order valence-corrected chi connectivity index (χ0v) is 27.1. The van der Waals surface area contributed by atoms with Gasteiger partial charge in [-0.25, -0.2) is 5.43 Å². The first-order valence-electron chi connectivity index (χ1n) is 15.5. The number of ether oxygens (including phenoxy) is 2. The topological polar surface area (TPSA) is 146 Å². The molecule has 1 fully saturated rings. The molecule has 1 aromatic carbocycles. The number of hydrogen-bond acceptors (Lipinski definition) is 9. The number of amides is 3. The van der Waals surface area contributed by atoms with Crippen molar-refractivity contribution in [1.82, 2.24) is 21.1 Å². The van der Waals surface area contributed by atoms with Crippen LogP contribution in [0.4, 0.5) is 0 Å². The zero-order valence-electron chi connectivity index (χ0n) is 26.3. The van der Waals surface area contributed by atoms with Crippen LogP contribution in [0, 0.1) is 11.8 Å². The van der Waals surface area contributed by atoms with Gasteiger partial charge < -0.3 is 25.2 Å². The van der Waals surface area contributed by atoms with Gasteiger partial charge in [-0.05, 0) is 67.5 Å². The van der Waals surface area contributed by atoms with Crippen LogP contribution in [0.5, 0.6) is 5.75 Å². The predicted octanol–water partition coefficient (Wildman–Crippen LogP) is 3.32. The van der Waals surface area contributed by atoms with E-state index in [0.717, 1.165) is 9.75 Å². The summed E-state index contributed by atoms with van der Waals surface area (Å²) < 4.78 is 11.3. The smallest absolute Gasteiger partial charge is 0.325 e. The van der Waals surface area contributed by atoms with Crippen molar-refractivity contribution in [2.75, 3.05) is 13.7 Å². The summed E-state index contributed by atoms with van der Waals surface area (Å²) in [6.07, 6.45) is 6.06. The minimum atomic E-state index is -1.04. The fourth-order valence-electron chi connectivity index (χ4n) is 5.51. The van der Waals surface area contributed by atoms with E-state index >= 15 is 0 Å². The van der Waals surface area contributed by atoms with Crippen molar-refractivity contribution in [2.24, 2.45) is 11.8 Å². The van der Waals surface area contributed by atoms with Crippen LogP contribution in [0.2, 0.25) is 0 Å². The van der Waals surface area contributed by atoms with Crippen LogP contribution >= 0.6 is 11.3 Å². The number of nitrogens with zero attached hydrogens (tertiary/aromatic N) is 1. The number of thiophene rings is 1. The lowest BCUT2D eigenvalue weighted by molar-refractivity contribution is -0.154. The van der Waals surface area contributed by atoms with Gasteiger partial charge in [0.2, 0.25) is 11.8 Å². The molecule has 4 bridgehead atoms. The van der Waals surface area contributed by atoms with Crippen molar-refractivity contribution in [3.63, 3.8) is 0 Å².